The minimum atomic E-state index is -0.0283. The van der Waals surface area contributed by atoms with Crippen LogP contribution >= 0.6 is 0 Å². The van der Waals surface area contributed by atoms with Crippen molar-refractivity contribution in [3.63, 3.8) is 0 Å². The summed E-state index contributed by atoms with van der Waals surface area (Å²) in [5.74, 6) is 1.50. The Bertz CT molecular complexity index is 1160. The summed E-state index contributed by atoms with van der Waals surface area (Å²) in [5, 5.41) is 18.2. The summed E-state index contributed by atoms with van der Waals surface area (Å²) in [7, 11) is 0. The number of fused-ring (bicyclic) bond motifs is 5. The van der Waals surface area contributed by atoms with Crippen LogP contribution in [-0.4, -0.2) is 51.7 Å². The molecule has 1 saturated heterocycles. The van der Waals surface area contributed by atoms with Gasteiger partial charge in [-0.15, -0.1) is 0 Å². The van der Waals surface area contributed by atoms with E-state index >= 15 is 0 Å². The molecule has 180 valence electrons. The fourth-order valence-electron chi connectivity index (χ4n) is 5.06. The number of nitrogens with one attached hydrogen (secondary N) is 4. The first-order chi connectivity index (χ1) is 16.5. The van der Waals surface area contributed by atoms with Crippen molar-refractivity contribution in [3.05, 3.63) is 47.2 Å². The molecule has 1 amide bonds. The second-order valence-electron chi connectivity index (χ2n) is 9.83. The average molecular weight is 463 g/mol. The fraction of sp³-hybridized carbons (Fsp3) is 0.520. The lowest BCUT2D eigenvalue weighted by Crippen LogP contribution is -2.42. The Balaban J connectivity index is 1.55. The molecule has 4 N–H and O–H groups in total. The molecule has 2 aliphatic rings. The number of nitrogens with zero attached hydrogens (tertiary/aromatic N) is 4. The van der Waals surface area contributed by atoms with Gasteiger partial charge >= 0.3 is 0 Å². The minimum Gasteiger partial charge on any atom is -0.354 e. The van der Waals surface area contributed by atoms with E-state index in [0.29, 0.717) is 36.5 Å². The van der Waals surface area contributed by atoms with Crippen LogP contribution in [0.3, 0.4) is 0 Å². The molecule has 0 unspecified atom stereocenters. The van der Waals surface area contributed by atoms with E-state index in [9.17, 15) is 4.79 Å². The molecule has 1 aromatic carbocycles. The molecule has 2 aliphatic heterocycles. The predicted molar refractivity (Wildman–Crippen MR) is 133 cm³/mol. The molecule has 1 fully saturated rings. The molecular weight excluding hydrogens is 428 g/mol. The van der Waals surface area contributed by atoms with E-state index in [0.717, 1.165) is 62.1 Å². The van der Waals surface area contributed by atoms with Crippen molar-refractivity contribution in [1.82, 2.24) is 30.2 Å². The molecule has 0 radical (unpaired) electrons. The highest BCUT2D eigenvalue weighted by Crippen LogP contribution is 2.34. The van der Waals surface area contributed by atoms with Crippen molar-refractivity contribution in [2.24, 2.45) is 5.41 Å². The summed E-state index contributed by atoms with van der Waals surface area (Å²) in [6.07, 6.45) is 6.04. The normalized spacial score (nSPS) is 19.0. The van der Waals surface area contributed by atoms with Crippen LogP contribution in [0.4, 0.5) is 11.9 Å². The summed E-state index contributed by atoms with van der Waals surface area (Å²) in [4.78, 5) is 22.6. The van der Waals surface area contributed by atoms with Gasteiger partial charge in [-0.3, -0.25) is 4.79 Å². The van der Waals surface area contributed by atoms with Crippen LogP contribution in [0.25, 0.3) is 5.65 Å². The van der Waals surface area contributed by atoms with Gasteiger partial charge in [0, 0.05) is 30.8 Å². The van der Waals surface area contributed by atoms with Crippen molar-refractivity contribution in [2.45, 2.75) is 52.0 Å². The van der Waals surface area contributed by atoms with Crippen LogP contribution in [0.15, 0.2) is 30.5 Å². The maximum absolute atomic E-state index is 13.0. The van der Waals surface area contributed by atoms with E-state index < -0.39 is 0 Å². The molecular formula is C25H34N8O. The van der Waals surface area contributed by atoms with E-state index in [4.69, 9.17) is 9.97 Å². The Hall–Kier alpha value is -3.20. The van der Waals surface area contributed by atoms with Gasteiger partial charge in [-0.05, 0) is 61.7 Å². The third-order valence-electron chi connectivity index (χ3n) is 7.17. The van der Waals surface area contributed by atoms with Gasteiger partial charge in [0.05, 0.1) is 6.20 Å². The lowest BCUT2D eigenvalue weighted by atomic mass is 9.75. The van der Waals surface area contributed by atoms with E-state index in [1.54, 1.807) is 4.52 Å². The van der Waals surface area contributed by atoms with Gasteiger partial charge in [-0.1, -0.05) is 32.0 Å². The second-order valence-corrected chi connectivity index (χ2v) is 9.83. The van der Waals surface area contributed by atoms with E-state index in [2.05, 4.69) is 40.2 Å². The van der Waals surface area contributed by atoms with Crippen LogP contribution in [0.1, 0.15) is 66.9 Å². The molecule has 0 atom stereocenters. The molecule has 4 heterocycles. The highest BCUT2D eigenvalue weighted by atomic mass is 16.1. The van der Waals surface area contributed by atoms with Crippen LogP contribution < -0.4 is 21.3 Å². The van der Waals surface area contributed by atoms with Crippen molar-refractivity contribution < 1.29 is 4.79 Å². The summed E-state index contributed by atoms with van der Waals surface area (Å²) < 4.78 is 1.77. The predicted octanol–water partition coefficient (Wildman–Crippen LogP) is 3.17. The highest BCUT2D eigenvalue weighted by Gasteiger charge is 2.32. The quantitative estimate of drug-likeness (QED) is 0.440. The number of piperidine rings is 1. The zero-order valence-electron chi connectivity index (χ0n) is 20.0. The maximum Gasteiger partial charge on any atom is 0.251 e. The summed E-state index contributed by atoms with van der Waals surface area (Å²) in [5.41, 5.74) is 3.65. The number of benzene rings is 1. The average Bonchev–Trinajstić information content (AvgIpc) is 3.29. The molecule has 2 bridgehead atoms. The monoisotopic (exact) mass is 462 g/mol. The largest absolute Gasteiger partial charge is 0.354 e. The lowest BCUT2D eigenvalue weighted by Gasteiger charge is -2.38. The molecule has 34 heavy (non-hydrogen) atoms. The van der Waals surface area contributed by atoms with Crippen molar-refractivity contribution in [3.8, 4) is 0 Å². The first kappa shape index (κ1) is 22.6. The number of aromatic nitrogens is 4. The van der Waals surface area contributed by atoms with Crippen LogP contribution in [0, 0.1) is 5.41 Å². The fourth-order valence-corrected chi connectivity index (χ4v) is 5.06. The summed E-state index contributed by atoms with van der Waals surface area (Å²) in [6.45, 7) is 8.25. The van der Waals surface area contributed by atoms with Crippen molar-refractivity contribution in [1.29, 1.82) is 0 Å². The molecule has 9 nitrogen and oxygen atoms in total. The molecule has 0 saturated carbocycles. The minimum absolute atomic E-state index is 0.0283. The molecule has 2 aromatic heterocycles. The molecule has 0 aliphatic carbocycles. The molecule has 5 rings (SSSR count). The number of hydrogen-bond acceptors (Lipinski definition) is 7. The number of rotatable bonds is 1. The SMILES string of the molecule is CC(C)c1cnn2c3nc(nc12)NCC1(CCCNC(=O)c2ccccc2CN3)CCNCC1. The smallest absolute Gasteiger partial charge is 0.251 e. The maximum atomic E-state index is 13.0. The van der Waals surface area contributed by atoms with Gasteiger partial charge in [0.2, 0.25) is 11.9 Å². The third-order valence-corrected chi connectivity index (χ3v) is 7.17. The van der Waals surface area contributed by atoms with Gasteiger partial charge in [-0.2, -0.15) is 19.6 Å². The van der Waals surface area contributed by atoms with Gasteiger partial charge in [0.15, 0.2) is 5.65 Å². The van der Waals surface area contributed by atoms with Gasteiger partial charge in [-0.25, -0.2) is 0 Å². The first-order valence-corrected chi connectivity index (χ1v) is 12.3. The van der Waals surface area contributed by atoms with E-state index in [1.165, 1.54) is 0 Å². The number of anilines is 2. The Kier molecular flexibility index (Phi) is 6.36. The Morgan fingerprint density at radius 2 is 1.82 bits per heavy atom. The van der Waals surface area contributed by atoms with Crippen LogP contribution in [0.5, 0.6) is 0 Å². The van der Waals surface area contributed by atoms with E-state index in [-0.39, 0.29) is 11.3 Å². The second kappa shape index (κ2) is 9.58. The Morgan fingerprint density at radius 3 is 2.65 bits per heavy atom. The zero-order valence-corrected chi connectivity index (χ0v) is 20.0. The first-order valence-electron chi connectivity index (χ1n) is 12.3. The summed E-state index contributed by atoms with van der Waals surface area (Å²) in [6, 6.07) is 7.72. The number of hydrogen-bond donors (Lipinski definition) is 4. The highest BCUT2D eigenvalue weighted by molar-refractivity contribution is 5.95. The number of carbonyl (C=O) groups is 1. The third kappa shape index (κ3) is 4.57. The van der Waals surface area contributed by atoms with Gasteiger partial charge in [0.25, 0.3) is 5.91 Å². The number of carbonyl (C=O) groups excluding carboxylic acids is 1. The Morgan fingerprint density at radius 1 is 1.00 bits per heavy atom. The number of amides is 1. The lowest BCUT2D eigenvalue weighted by molar-refractivity contribution is 0.0948. The molecule has 9 heteroatoms. The van der Waals surface area contributed by atoms with Gasteiger partial charge in [0.1, 0.15) is 0 Å². The van der Waals surface area contributed by atoms with Crippen LogP contribution in [0.2, 0.25) is 0 Å². The Labute approximate surface area is 200 Å². The van der Waals surface area contributed by atoms with E-state index in [1.807, 2.05) is 30.5 Å². The van der Waals surface area contributed by atoms with Crippen molar-refractivity contribution in [2.75, 3.05) is 36.8 Å². The standard InChI is InChI=1S/C25H34N8O/c1-17(2)20-15-30-33-21(20)31-23-29-16-25(9-12-26-13-10-25)8-5-11-27-22(34)19-7-4-3-6-18(19)14-28-24(33)32-23/h3-4,6-7,15,17,26H,5,8-14,16H2,1-2H3,(H,27,34)(H2,28,29,31,32). The molecule has 1 spiro atoms. The van der Waals surface area contributed by atoms with Crippen LogP contribution in [-0.2, 0) is 6.54 Å². The topological polar surface area (TPSA) is 108 Å². The van der Waals surface area contributed by atoms with Gasteiger partial charge < -0.3 is 21.3 Å². The summed E-state index contributed by atoms with van der Waals surface area (Å²) >= 11 is 0. The zero-order chi connectivity index (χ0) is 23.5. The van der Waals surface area contributed by atoms with Crippen molar-refractivity contribution >= 4 is 23.5 Å². The molecule has 3 aromatic rings.